The van der Waals surface area contributed by atoms with Crippen LogP contribution in [0, 0.1) is 24.0 Å². The lowest BCUT2D eigenvalue weighted by molar-refractivity contribution is -0.384. The molecule has 2 aromatic heterocycles. The zero-order valence-electron chi connectivity index (χ0n) is 15.5. The predicted octanol–water partition coefficient (Wildman–Crippen LogP) is 3.11. The van der Waals surface area contributed by atoms with Crippen LogP contribution in [0.5, 0.6) is 0 Å². The van der Waals surface area contributed by atoms with Crippen LogP contribution in [0.3, 0.4) is 0 Å². The zero-order chi connectivity index (χ0) is 20.3. The Kier molecular flexibility index (Phi) is 5.30. The van der Waals surface area contributed by atoms with Crippen LogP contribution in [0.25, 0.3) is 5.82 Å². The minimum atomic E-state index is -0.554. The molecule has 0 unspecified atom stereocenters. The molecule has 0 spiro atoms. The zero-order valence-corrected chi connectivity index (χ0v) is 15.5. The second-order valence-electron chi connectivity index (χ2n) is 5.91. The van der Waals surface area contributed by atoms with E-state index >= 15 is 0 Å². The molecule has 28 heavy (non-hydrogen) atoms. The highest BCUT2D eigenvalue weighted by Gasteiger charge is 2.26. The number of aromatic nitrogens is 4. The summed E-state index contributed by atoms with van der Waals surface area (Å²) >= 11 is 0. The molecule has 0 amide bonds. The van der Waals surface area contributed by atoms with Gasteiger partial charge in [-0.2, -0.15) is 5.10 Å². The number of hydrogen-bond donors (Lipinski definition) is 1. The van der Waals surface area contributed by atoms with E-state index < -0.39 is 10.9 Å². The standard InChI is InChI=1S/C18H18N6O4/c1-4-28-18(25)13-5-7-14(8-6-13)21-16-15(24(26)27)17(20-10-19-16)23-12(3)9-11(2)22-23/h5-10H,4H2,1-3H3,(H,19,20,21). The molecule has 0 radical (unpaired) electrons. The summed E-state index contributed by atoms with van der Waals surface area (Å²) < 4.78 is 6.34. The van der Waals surface area contributed by atoms with Gasteiger partial charge in [0.2, 0.25) is 11.6 Å². The number of rotatable bonds is 6. The third-order valence-corrected chi connectivity index (χ3v) is 3.85. The van der Waals surface area contributed by atoms with E-state index in [9.17, 15) is 14.9 Å². The van der Waals surface area contributed by atoms with Crippen LogP contribution in [0.1, 0.15) is 28.7 Å². The van der Waals surface area contributed by atoms with Crippen molar-refractivity contribution in [3.63, 3.8) is 0 Å². The number of hydrogen-bond acceptors (Lipinski definition) is 8. The van der Waals surface area contributed by atoms with Crippen molar-refractivity contribution in [1.29, 1.82) is 0 Å². The summed E-state index contributed by atoms with van der Waals surface area (Å²) in [6.07, 6.45) is 1.23. The van der Waals surface area contributed by atoms with E-state index in [0.717, 1.165) is 5.69 Å². The second-order valence-corrected chi connectivity index (χ2v) is 5.91. The molecule has 10 nitrogen and oxygen atoms in total. The number of nitrogens with one attached hydrogen (secondary N) is 1. The molecule has 1 aromatic carbocycles. The Bertz CT molecular complexity index is 1030. The smallest absolute Gasteiger partial charge is 0.355 e. The molecule has 144 valence electrons. The molecule has 3 aromatic rings. The fraction of sp³-hybridized carbons (Fsp3) is 0.222. The first kappa shape index (κ1) is 19.0. The maximum Gasteiger partial charge on any atom is 0.355 e. The lowest BCUT2D eigenvalue weighted by Crippen LogP contribution is -2.10. The van der Waals surface area contributed by atoms with Crippen LogP contribution in [0.15, 0.2) is 36.7 Å². The van der Waals surface area contributed by atoms with Crippen LogP contribution < -0.4 is 5.32 Å². The van der Waals surface area contributed by atoms with Crippen molar-refractivity contribution >= 4 is 23.2 Å². The summed E-state index contributed by atoms with van der Waals surface area (Å²) in [5.41, 5.74) is 2.03. The van der Waals surface area contributed by atoms with Gasteiger partial charge in [-0.15, -0.1) is 0 Å². The number of anilines is 2. The van der Waals surface area contributed by atoms with E-state index in [4.69, 9.17) is 4.74 Å². The van der Waals surface area contributed by atoms with Crippen molar-refractivity contribution in [3.05, 3.63) is 63.7 Å². The first-order valence-corrected chi connectivity index (χ1v) is 8.48. The molecule has 0 aliphatic rings. The Labute approximate surface area is 160 Å². The number of ether oxygens (including phenoxy) is 1. The molecule has 0 fully saturated rings. The van der Waals surface area contributed by atoms with E-state index in [1.807, 2.05) is 0 Å². The van der Waals surface area contributed by atoms with E-state index in [0.29, 0.717) is 16.9 Å². The topological polar surface area (TPSA) is 125 Å². The number of nitrogens with zero attached hydrogens (tertiary/aromatic N) is 5. The van der Waals surface area contributed by atoms with Gasteiger partial charge in [-0.05, 0) is 51.1 Å². The molecule has 10 heteroatoms. The van der Waals surface area contributed by atoms with E-state index in [-0.39, 0.29) is 23.9 Å². The Balaban J connectivity index is 1.96. The first-order valence-electron chi connectivity index (χ1n) is 8.48. The highest BCUT2D eigenvalue weighted by Crippen LogP contribution is 2.30. The Morgan fingerprint density at radius 3 is 2.54 bits per heavy atom. The van der Waals surface area contributed by atoms with Crippen LogP contribution in [-0.4, -0.2) is 37.2 Å². The third-order valence-electron chi connectivity index (χ3n) is 3.85. The summed E-state index contributed by atoms with van der Waals surface area (Å²) in [6, 6.07) is 8.15. The second kappa shape index (κ2) is 7.82. The van der Waals surface area contributed by atoms with Gasteiger partial charge in [-0.3, -0.25) is 10.1 Å². The number of benzene rings is 1. The summed E-state index contributed by atoms with van der Waals surface area (Å²) in [5.74, 6) is -0.350. The highest BCUT2D eigenvalue weighted by molar-refractivity contribution is 5.90. The minimum absolute atomic E-state index is 0.0198. The van der Waals surface area contributed by atoms with Crippen LogP contribution in [0.4, 0.5) is 17.2 Å². The van der Waals surface area contributed by atoms with Gasteiger partial charge in [0.05, 0.1) is 22.8 Å². The van der Waals surface area contributed by atoms with Crippen molar-refractivity contribution < 1.29 is 14.5 Å². The summed E-state index contributed by atoms with van der Waals surface area (Å²) in [5, 5.41) is 18.9. The molecule has 0 saturated carbocycles. The molecule has 3 rings (SSSR count). The van der Waals surface area contributed by atoms with Gasteiger partial charge < -0.3 is 10.1 Å². The van der Waals surface area contributed by atoms with Crippen molar-refractivity contribution in [2.45, 2.75) is 20.8 Å². The Hall–Kier alpha value is -3.82. The number of carbonyl (C=O) groups is 1. The van der Waals surface area contributed by atoms with Crippen LogP contribution >= 0.6 is 0 Å². The summed E-state index contributed by atoms with van der Waals surface area (Å²) in [6.45, 7) is 5.58. The Morgan fingerprint density at radius 2 is 1.96 bits per heavy atom. The normalized spacial score (nSPS) is 10.5. The molecular weight excluding hydrogens is 364 g/mol. The number of aryl methyl sites for hydroxylation is 2. The quantitative estimate of drug-likeness (QED) is 0.392. The van der Waals surface area contributed by atoms with Crippen molar-refractivity contribution in [2.24, 2.45) is 0 Å². The van der Waals surface area contributed by atoms with Crippen LogP contribution in [0.2, 0.25) is 0 Å². The van der Waals surface area contributed by atoms with E-state index in [1.165, 1.54) is 11.0 Å². The number of nitro groups is 1. The third kappa shape index (κ3) is 3.80. The lowest BCUT2D eigenvalue weighted by atomic mass is 10.2. The number of carbonyl (C=O) groups excluding carboxylic acids is 1. The molecule has 2 heterocycles. The molecule has 0 aliphatic carbocycles. The van der Waals surface area contributed by atoms with Gasteiger partial charge in [0.15, 0.2) is 0 Å². The van der Waals surface area contributed by atoms with Gasteiger partial charge in [-0.1, -0.05) is 0 Å². The minimum Gasteiger partial charge on any atom is -0.462 e. The SMILES string of the molecule is CCOC(=O)c1ccc(Nc2ncnc(-n3nc(C)cc3C)c2[N+](=O)[O-])cc1. The Morgan fingerprint density at radius 1 is 1.25 bits per heavy atom. The lowest BCUT2D eigenvalue weighted by Gasteiger charge is -2.10. The molecule has 0 aliphatic heterocycles. The maximum absolute atomic E-state index is 11.7. The van der Waals surface area contributed by atoms with E-state index in [1.54, 1.807) is 51.1 Å². The van der Waals surface area contributed by atoms with Gasteiger partial charge in [0, 0.05) is 11.4 Å². The van der Waals surface area contributed by atoms with Gasteiger partial charge in [-0.25, -0.2) is 19.4 Å². The average Bonchev–Trinajstić information content (AvgIpc) is 3.00. The molecule has 1 N–H and O–H groups in total. The highest BCUT2D eigenvalue weighted by atomic mass is 16.6. The fourth-order valence-electron chi connectivity index (χ4n) is 2.67. The number of esters is 1. The van der Waals surface area contributed by atoms with Gasteiger partial charge >= 0.3 is 11.7 Å². The largest absolute Gasteiger partial charge is 0.462 e. The molecule has 0 atom stereocenters. The monoisotopic (exact) mass is 382 g/mol. The predicted molar refractivity (Wildman–Crippen MR) is 101 cm³/mol. The van der Waals surface area contributed by atoms with Crippen molar-refractivity contribution in [1.82, 2.24) is 19.7 Å². The first-order chi connectivity index (χ1) is 13.4. The van der Waals surface area contributed by atoms with Crippen LogP contribution in [-0.2, 0) is 4.74 Å². The van der Waals surface area contributed by atoms with E-state index in [2.05, 4.69) is 20.4 Å². The van der Waals surface area contributed by atoms with Crippen molar-refractivity contribution in [2.75, 3.05) is 11.9 Å². The molecule has 0 bridgehead atoms. The summed E-state index contributed by atoms with van der Waals surface area (Å²) in [7, 11) is 0. The van der Waals surface area contributed by atoms with Gasteiger partial charge in [0.25, 0.3) is 0 Å². The average molecular weight is 382 g/mol. The maximum atomic E-state index is 11.7. The fourth-order valence-corrected chi connectivity index (χ4v) is 2.67. The van der Waals surface area contributed by atoms with Gasteiger partial charge in [0.1, 0.15) is 6.33 Å². The summed E-state index contributed by atoms with van der Waals surface area (Å²) in [4.78, 5) is 31.0. The molecule has 0 saturated heterocycles. The van der Waals surface area contributed by atoms with Crippen molar-refractivity contribution in [3.8, 4) is 5.82 Å². The molecular formula is C18H18N6O4.